The quantitative estimate of drug-likeness (QED) is 0.630. The second kappa shape index (κ2) is 7.67. The number of anilines is 1. The van der Waals surface area contributed by atoms with Crippen LogP contribution in [0.15, 0.2) is 42.5 Å². The van der Waals surface area contributed by atoms with Crippen LogP contribution in [0.2, 0.25) is 10.0 Å². The van der Waals surface area contributed by atoms with Crippen molar-refractivity contribution in [2.75, 3.05) is 17.6 Å². The van der Waals surface area contributed by atoms with Gasteiger partial charge in [-0.15, -0.1) is 11.3 Å². The van der Waals surface area contributed by atoms with E-state index in [4.69, 9.17) is 23.2 Å². The average Bonchev–Trinajstić information content (AvgIpc) is 3.02. The topological polar surface area (TPSA) is 66.5 Å². The zero-order chi connectivity index (χ0) is 19.8. The highest BCUT2D eigenvalue weighted by atomic mass is 35.5. The van der Waals surface area contributed by atoms with Gasteiger partial charge in [-0.3, -0.25) is 9.10 Å². The van der Waals surface area contributed by atoms with Crippen LogP contribution in [0.1, 0.15) is 15.2 Å². The van der Waals surface area contributed by atoms with E-state index >= 15 is 0 Å². The number of halogens is 2. The van der Waals surface area contributed by atoms with Crippen LogP contribution in [0.25, 0.3) is 10.1 Å². The first-order valence-electron chi connectivity index (χ1n) is 7.85. The summed E-state index contributed by atoms with van der Waals surface area (Å²) in [6.07, 6.45) is 1.14. The lowest BCUT2D eigenvalue weighted by Gasteiger charge is -2.16. The van der Waals surface area contributed by atoms with E-state index in [0.29, 0.717) is 20.6 Å². The summed E-state index contributed by atoms with van der Waals surface area (Å²) in [4.78, 5) is 13.0. The Morgan fingerprint density at radius 2 is 1.89 bits per heavy atom. The first kappa shape index (κ1) is 19.9. The standard InChI is InChI=1S/C18H16Cl2N2O3S2/c1-22(27(2,24)25)14-5-6-16-12(7-14)8-17(26-16)18(23)21-10-11-3-4-13(19)9-15(11)20/h3-9H,10H2,1-2H3,(H,21,23). The van der Waals surface area contributed by atoms with E-state index in [1.807, 2.05) is 6.07 Å². The Balaban J connectivity index is 1.79. The SMILES string of the molecule is CN(c1ccc2sc(C(=O)NCc3ccc(Cl)cc3Cl)cc2c1)S(C)(=O)=O. The fraction of sp³-hybridized carbons (Fsp3) is 0.167. The lowest BCUT2D eigenvalue weighted by Crippen LogP contribution is -2.24. The van der Waals surface area contributed by atoms with Gasteiger partial charge in [-0.1, -0.05) is 29.3 Å². The summed E-state index contributed by atoms with van der Waals surface area (Å²) in [5.74, 6) is -0.222. The molecule has 0 unspecified atom stereocenters. The molecule has 0 spiro atoms. The van der Waals surface area contributed by atoms with Crippen LogP contribution in [0.3, 0.4) is 0 Å². The molecule has 0 bridgehead atoms. The molecule has 27 heavy (non-hydrogen) atoms. The Bertz CT molecular complexity index is 1130. The maximum atomic E-state index is 12.5. The Labute approximate surface area is 171 Å². The van der Waals surface area contributed by atoms with Crippen molar-refractivity contribution in [3.05, 3.63) is 63.0 Å². The summed E-state index contributed by atoms with van der Waals surface area (Å²) in [6, 6.07) is 12.1. The van der Waals surface area contributed by atoms with Gasteiger partial charge in [-0.25, -0.2) is 8.42 Å². The molecule has 142 valence electrons. The van der Waals surface area contributed by atoms with Gasteiger partial charge in [0.25, 0.3) is 5.91 Å². The number of rotatable bonds is 5. The molecule has 0 aliphatic carbocycles. The van der Waals surface area contributed by atoms with Crippen LogP contribution < -0.4 is 9.62 Å². The van der Waals surface area contributed by atoms with Gasteiger partial charge < -0.3 is 5.32 Å². The van der Waals surface area contributed by atoms with Crippen molar-refractivity contribution >= 4 is 66.2 Å². The van der Waals surface area contributed by atoms with Gasteiger partial charge in [-0.05, 0) is 47.3 Å². The minimum Gasteiger partial charge on any atom is -0.347 e. The van der Waals surface area contributed by atoms with E-state index in [1.165, 1.54) is 22.7 Å². The minimum atomic E-state index is -3.34. The summed E-state index contributed by atoms with van der Waals surface area (Å²) >= 11 is 13.3. The Morgan fingerprint density at radius 3 is 2.56 bits per heavy atom. The predicted octanol–water partition coefficient (Wildman–Crippen LogP) is 4.53. The smallest absolute Gasteiger partial charge is 0.261 e. The average molecular weight is 443 g/mol. The monoisotopic (exact) mass is 442 g/mol. The number of sulfonamides is 1. The zero-order valence-corrected chi connectivity index (χ0v) is 17.6. The lowest BCUT2D eigenvalue weighted by atomic mass is 10.2. The normalized spacial score (nSPS) is 11.6. The van der Waals surface area contributed by atoms with E-state index in [0.717, 1.165) is 21.9 Å². The molecule has 0 saturated carbocycles. The molecule has 0 saturated heterocycles. The zero-order valence-electron chi connectivity index (χ0n) is 14.5. The van der Waals surface area contributed by atoms with Crippen molar-refractivity contribution < 1.29 is 13.2 Å². The number of hydrogen-bond acceptors (Lipinski definition) is 4. The van der Waals surface area contributed by atoms with E-state index in [-0.39, 0.29) is 12.5 Å². The van der Waals surface area contributed by atoms with E-state index < -0.39 is 10.0 Å². The number of amides is 1. The Kier molecular flexibility index (Phi) is 5.67. The van der Waals surface area contributed by atoms with Crippen molar-refractivity contribution in [1.29, 1.82) is 0 Å². The van der Waals surface area contributed by atoms with E-state index in [1.54, 1.807) is 36.4 Å². The van der Waals surface area contributed by atoms with Crippen molar-refractivity contribution in [3.63, 3.8) is 0 Å². The van der Waals surface area contributed by atoms with Gasteiger partial charge in [0.1, 0.15) is 0 Å². The summed E-state index contributed by atoms with van der Waals surface area (Å²) in [6.45, 7) is 0.283. The molecule has 9 heteroatoms. The highest BCUT2D eigenvalue weighted by Crippen LogP contribution is 2.30. The lowest BCUT2D eigenvalue weighted by molar-refractivity contribution is 0.0955. The summed E-state index contributed by atoms with van der Waals surface area (Å²) in [5.41, 5.74) is 1.32. The number of nitrogens with one attached hydrogen (secondary N) is 1. The number of nitrogens with zero attached hydrogens (tertiary/aromatic N) is 1. The van der Waals surface area contributed by atoms with Crippen LogP contribution in [0.4, 0.5) is 5.69 Å². The summed E-state index contributed by atoms with van der Waals surface area (Å²) < 4.78 is 25.5. The molecule has 1 heterocycles. The van der Waals surface area contributed by atoms with Gasteiger partial charge in [0.05, 0.1) is 16.8 Å². The van der Waals surface area contributed by atoms with Gasteiger partial charge in [0.2, 0.25) is 10.0 Å². The molecule has 1 amide bonds. The van der Waals surface area contributed by atoms with Crippen molar-refractivity contribution in [2.45, 2.75) is 6.54 Å². The van der Waals surface area contributed by atoms with Gasteiger partial charge in [0.15, 0.2) is 0 Å². The largest absolute Gasteiger partial charge is 0.347 e. The highest BCUT2D eigenvalue weighted by molar-refractivity contribution is 7.92. The number of thiophene rings is 1. The van der Waals surface area contributed by atoms with Crippen molar-refractivity contribution in [2.24, 2.45) is 0 Å². The molecule has 1 N–H and O–H groups in total. The van der Waals surface area contributed by atoms with Crippen LogP contribution in [-0.4, -0.2) is 27.6 Å². The third kappa shape index (κ3) is 4.55. The number of carbonyl (C=O) groups excluding carboxylic acids is 1. The molecule has 1 aromatic heterocycles. The van der Waals surface area contributed by atoms with Crippen molar-refractivity contribution in [1.82, 2.24) is 5.32 Å². The van der Waals surface area contributed by atoms with Crippen LogP contribution >= 0.6 is 34.5 Å². The summed E-state index contributed by atoms with van der Waals surface area (Å²) in [5, 5.41) is 4.67. The molecule has 0 atom stereocenters. The summed E-state index contributed by atoms with van der Waals surface area (Å²) in [7, 11) is -1.85. The van der Waals surface area contributed by atoms with Gasteiger partial charge in [0, 0.05) is 28.3 Å². The molecular formula is C18H16Cl2N2O3S2. The second-order valence-electron chi connectivity index (χ2n) is 5.98. The van der Waals surface area contributed by atoms with E-state index in [9.17, 15) is 13.2 Å². The molecule has 3 rings (SSSR count). The van der Waals surface area contributed by atoms with Crippen LogP contribution in [-0.2, 0) is 16.6 Å². The maximum absolute atomic E-state index is 12.5. The first-order chi connectivity index (χ1) is 12.6. The highest BCUT2D eigenvalue weighted by Gasteiger charge is 2.15. The third-order valence-corrected chi connectivity index (χ3v) is 6.95. The number of carbonyl (C=O) groups is 1. The fourth-order valence-corrected chi connectivity index (χ4v) is 4.39. The second-order valence-corrected chi connectivity index (χ2v) is 9.92. The number of benzene rings is 2. The molecule has 3 aromatic rings. The number of hydrogen-bond donors (Lipinski definition) is 1. The minimum absolute atomic E-state index is 0.222. The first-order valence-corrected chi connectivity index (χ1v) is 11.3. The molecule has 0 fully saturated rings. The van der Waals surface area contributed by atoms with Crippen LogP contribution in [0, 0.1) is 0 Å². The maximum Gasteiger partial charge on any atom is 0.261 e. The fourth-order valence-electron chi connectivity index (χ4n) is 2.46. The predicted molar refractivity (Wildman–Crippen MR) is 113 cm³/mol. The van der Waals surface area contributed by atoms with Gasteiger partial charge in [-0.2, -0.15) is 0 Å². The molecule has 0 radical (unpaired) electrons. The molecule has 0 aliphatic heterocycles. The number of fused-ring (bicyclic) bond motifs is 1. The van der Waals surface area contributed by atoms with Gasteiger partial charge >= 0.3 is 0 Å². The molecule has 5 nitrogen and oxygen atoms in total. The molecular weight excluding hydrogens is 427 g/mol. The van der Waals surface area contributed by atoms with Crippen molar-refractivity contribution in [3.8, 4) is 0 Å². The van der Waals surface area contributed by atoms with Crippen LogP contribution in [0.5, 0.6) is 0 Å². The Hall–Kier alpha value is -1.80. The third-order valence-electron chi connectivity index (χ3n) is 4.04. The molecule has 0 aliphatic rings. The molecule has 2 aromatic carbocycles. The Morgan fingerprint density at radius 1 is 1.15 bits per heavy atom. The van der Waals surface area contributed by atoms with E-state index in [2.05, 4.69) is 5.32 Å².